The monoisotopic (exact) mass is 209 g/mol. The molecule has 2 heterocycles. The number of anilines is 1. The van der Waals surface area contributed by atoms with Crippen molar-refractivity contribution < 1.29 is 0 Å². The van der Waals surface area contributed by atoms with Crippen LogP contribution in [0.4, 0.5) is 5.00 Å². The van der Waals surface area contributed by atoms with Crippen molar-refractivity contribution in [1.29, 1.82) is 0 Å². The predicted molar refractivity (Wildman–Crippen MR) is 56.0 cm³/mol. The smallest absolute Gasteiger partial charge is 0.168 e. The number of rotatable bonds is 1. The van der Waals surface area contributed by atoms with E-state index in [9.17, 15) is 0 Å². The zero-order chi connectivity index (χ0) is 10.3. The van der Waals surface area contributed by atoms with E-state index in [4.69, 9.17) is 5.73 Å². The van der Waals surface area contributed by atoms with Crippen molar-refractivity contribution >= 4 is 16.5 Å². The van der Waals surface area contributed by atoms with Crippen LogP contribution >= 0.6 is 11.5 Å². The van der Waals surface area contributed by atoms with Gasteiger partial charge in [-0.2, -0.15) is 4.37 Å². The van der Waals surface area contributed by atoms with E-state index in [0.29, 0.717) is 5.00 Å². The van der Waals surface area contributed by atoms with E-state index >= 15 is 0 Å². The molecule has 0 atom stereocenters. The number of aromatic nitrogens is 4. The van der Waals surface area contributed by atoms with Crippen molar-refractivity contribution in [2.24, 2.45) is 7.05 Å². The van der Waals surface area contributed by atoms with Crippen LogP contribution in [0.15, 0.2) is 0 Å². The highest BCUT2D eigenvalue weighted by molar-refractivity contribution is 7.10. The van der Waals surface area contributed by atoms with Crippen molar-refractivity contribution in [2.45, 2.75) is 13.8 Å². The molecule has 0 saturated heterocycles. The predicted octanol–water partition coefficient (Wildman–Crippen LogP) is 1.14. The Morgan fingerprint density at radius 3 is 2.43 bits per heavy atom. The Bertz CT molecular complexity index is 451. The van der Waals surface area contributed by atoms with Gasteiger partial charge in [0.05, 0.1) is 11.3 Å². The second-order valence-corrected chi connectivity index (χ2v) is 3.94. The average Bonchev–Trinajstić information content (AvgIpc) is 2.62. The quantitative estimate of drug-likeness (QED) is 0.764. The van der Waals surface area contributed by atoms with Gasteiger partial charge in [-0.05, 0) is 25.4 Å². The molecule has 0 unspecified atom stereocenters. The molecule has 0 aliphatic rings. The normalized spacial score (nSPS) is 10.8. The molecule has 14 heavy (non-hydrogen) atoms. The van der Waals surface area contributed by atoms with Crippen molar-refractivity contribution in [2.75, 3.05) is 5.73 Å². The number of hydrogen-bond acceptors (Lipinski definition) is 5. The van der Waals surface area contributed by atoms with Crippen molar-refractivity contribution in [1.82, 2.24) is 19.1 Å². The fourth-order valence-electron chi connectivity index (χ4n) is 1.28. The Hall–Kier alpha value is -1.43. The van der Waals surface area contributed by atoms with Crippen LogP contribution < -0.4 is 5.73 Å². The Labute approximate surface area is 85.8 Å². The van der Waals surface area contributed by atoms with Gasteiger partial charge in [0.2, 0.25) is 0 Å². The SMILES string of the molecule is Cc1nsc(N)c1-c1nnc(C)n1C. The fourth-order valence-corrected chi connectivity index (χ4v) is 1.94. The maximum atomic E-state index is 5.83. The average molecular weight is 209 g/mol. The Kier molecular flexibility index (Phi) is 1.99. The van der Waals surface area contributed by atoms with Crippen LogP contribution in [0.1, 0.15) is 11.5 Å². The highest BCUT2D eigenvalue weighted by atomic mass is 32.1. The molecule has 2 N–H and O–H groups in total. The molecular weight excluding hydrogens is 198 g/mol. The van der Waals surface area contributed by atoms with Crippen LogP contribution in [0.25, 0.3) is 11.4 Å². The number of nitrogens with zero attached hydrogens (tertiary/aromatic N) is 4. The Balaban J connectivity index is 2.65. The van der Waals surface area contributed by atoms with E-state index in [0.717, 1.165) is 22.9 Å². The maximum absolute atomic E-state index is 5.83. The van der Waals surface area contributed by atoms with Gasteiger partial charge in [-0.15, -0.1) is 10.2 Å². The van der Waals surface area contributed by atoms with Crippen LogP contribution in [-0.4, -0.2) is 19.1 Å². The molecule has 5 nitrogen and oxygen atoms in total. The lowest BCUT2D eigenvalue weighted by atomic mass is 10.2. The lowest BCUT2D eigenvalue weighted by Gasteiger charge is -2.00. The zero-order valence-corrected chi connectivity index (χ0v) is 9.09. The third-order valence-electron chi connectivity index (χ3n) is 2.21. The summed E-state index contributed by atoms with van der Waals surface area (Å²) in [6, 6.07) is 0. The third kappa shape index (κ3) is 1.19. The number of nitrogen functional groups attached to an aromatic ring is 1. The molecule has 0 bridgehead atoms. The van der Waals surface area contributed by atoms with E-state index in [1.54, 1.807) is 0 Å². The minimum absolute atomic E-state index is 0.693. The first-order valence-electron chi connectivity index (χ1n) is 4.19. The highest BCUT2D eigenvalue weighted by Gasteiger charge is 2.16. The molecule has 0 aliphatic carbocycles. The zero-order valence-electron chi connectivity index (χ0n) is 8.27. The summed E-state index contributed by atoms with van der Waals surface area (Å²) in [5, 5.41) is 8.76. The summed E-state index contributed by atoms with van der Waals surface area (Å²) in [4.78, 5) is 0. The largest absolute Gasteiger partial charge is 0.389 e. The number of nitrogens with two attached hydrogens (primary N) is 1. The lowest BCUT2D eigenvalue weighted by Crippen LogP contribution is -1.97. The summed E-state index contributed by atoms with van der Waals surface area (Å²) in [6.45, 7) is 3.83. The number of aryl methyl sites for hydroxylation is 2. The molecule has 2 rings (SSSR count). The molecule has 2 aromatic rings. The van der Waals surface area contributed by atoms with Gasteiger partial charge >= 0.3 is 0 Å². The molecule has 0 amide bonds. The van der Waals surface area contributed by atoms with E-state index in [-0.39, 0.29) is 0 Å². The van der Waals surface area contributed by atoms with Gasteiger partial charge in [0.15, 0.2) is 5.82 Å². The maximum Gasteiger partial charge on any atom is 0.168 e. The summed E-state index contributed by atoms with van der Waals surface area (Å²) < 4.78 is 6.09. The molecular formula is C8H11N5S. The van der Waals surface area contributed by atoms with E-state index in [1.165, 1.54) is 11.5 Å². The van der Waals surface area contributed by atoms with Crippen LogP contribution in [0.3, 0.4) is 0 Å². The van der Waals surface area contributed by atoms with E-state index < -0.39 is 0 Å². The molecule has 74 valence electrons. The van der Waals surface area contributed by atoms with E-state index in [1.807, 2.05) is 25.5 Å². The minimum atomic E-state index is 0.693. The molecule has 0 fully saturated rings. The molecule has 2 aromatic heterocycles. The first-order chi connectivity index (χ1) is 6.61. The summed E-state index contributed by atoms with van der Waals surface area (Å²) in [5.41, 5.74) is 7.63. The lowest BCUT2D eigenvalue weighted by molar-refractivity contribution is 0.864. The highest BCUT2D eigenvalue weighted by Crippen LogP contribution is 2.30. The van der Waals surface area contributed by atoms with Crippen LogP contribution in [-0.2, 0) is 7.05 Å². The van der Waals surface area contributed by atoms with Crippen LogP contribution in [0.2, 0.25) is 0 Å². The van der Waals surface area contributed by atoms with Gasteiger partial charge < -0.3 is 10.3 Å². The molecule has 0 saturated carbocycles. The second-order valence-electron chi connectivity index (χ2n) is 3.14. The standard InChI is InChI=1S/C8H11N5S/c1-4-6(7(9)14-12-4)8-11-10-5(2)13(8)3/h9H2,1-3H3. The van der Waals surface area contributed by atoms with Crippen molar-refractivity contribution in [3.63, 3.8) is 0 Å². The summed E-state index contributed by atoms with van der Waals surface area (Å²) in [6.07, 6.45) is 0. The summed E-state index contributed by atoms with van der Waals surface area (Å²) >= 11 is 1.29. The topological polar surface area (TPSA) is 69.6 Å². The molecule has 0 radical (unpaired) electrons. The Morgan fingerprint density at radius 2 is 2.00 bits per heavy atom. The molecule has 6 heteroatoms. The van der Waals surface area contributed by atoms with Gasteiger partial charge in [0.1, 0.15) is 10.8 Å². The molecule has 0 spiro atoms. The van der Waals surface area contributed by atoms with Gasteiger partial charge in [0.25, 0.3) is 0 Å². The number of hydrogen-bond donors (Lipinski definition) is 1. The van der Waals surface area contributed by atoms with Crippen molar-refractivity contribution in [3.8, 4) is 11.4 Å². The first-order valence-corrected chi connectivity index (χ1v) is 4.96. The minimum Gasteiger partial charge on any atom is -0.389 e. The van der Waals surface area contributed by atoms with Gasteiger partial charge in [-0.25, -0.2) is 0 Å². The van der Waals surface area contributed by atoms with Gasteiger partial charge in [0, 0.05) is 7.05 Å². The third-order valence-corrected chi connectivity index (χ3v) is 2.97. The van der Waals surface area contributed by atoms with Crippen molar-refractivity contribution in [3.05, 3.63) is 11.5 Å². The van der Waals surface area contributed by atoms with Crippen LogP contribution in [0.5, 0.6) is 0 Å². The molecule has 0 aliphatic heterocycles. The Morgan fingerprint density at radius 1 is 1.29 bits per heavy atom. The second kappa shape index (κ2) is 3.06. The fraction of sp³-hybridized carbons (Fsp3) is 0.375. The summed E-state index contributed by atoms with van der Waals surface area (Å²) in [5.74, 6) is 1.65. The van der Waals surface area contributed by atoms with E-state index in [2.05, 4.69) is 14.6 Å². The van der Waals surface area contributed by atoms with Crippen LogP contribution in [0, 0.1) is 13.8 Å². The first kappa shape index (κ1) is 9.14. The molecule has 0 aromatic carbocycles. The van der Waals surface area contributed by atoms with Gasteiger partial charge in [-0.1, -0.05) is 0 Å². The summed E-state index contributed by atoms with van der Waals surface area (Å²) in [7, 11) is 1.92. The van der Waals surface area contributed by atoms with Gasteiger partial charge in [-0.3, -0.25) is 0 Å².